The quantitative estimate of drug-likeness (QED) is 0.623. The zero-order chi connectivity index (χ0) is 10.5. The molecule has 1 N–H and O–H groups in total. The Morgan fingerprint density at radius 1 is 1.46 bits per heavy atom. The van der Waals surface area contributed by atoms with E-state index in [2.05, 4.69) is 39.6 Å². The van der Waals surface area contributed by atoms with Gasteiger partial charge < -0.3 is 5.32 Å². The fourth-order valence-electron chi connectivity index (χ4n) is 1.80. The number of rotatable bonds is 6. The summed E-state index contributed by atoms with van der Waals surface area (Å²) in [5.74, 6) is 0. The molecule has 1 nitrogen and oxygen atoms in total. The molecule has 13 heavy (non-hydrogen) atoms. The molecule has 78 valence electrons. The largest absolute Gasteiger partial charge is 0.317 e. The van der Waals surface area contributed by atoms with Crippen LogP contribution in [0.5, 0.6) is 0 Å². The molecule has 0 aliphatic carbocycles. The summed E-state index contributed by atoms with van der Waals surface area (Å²) < 4.78 is 0. The van der Waals surface area contributed by atoms with E-state index in [1.807, 2.05) is 7.05 Å². The number of allylic oxidation sites excluding steroid dienone is 1. The van der Waals surface area contributed by atoms with Crippen LogP contribution in [0, 0.1) is 5.41 Å². The highest BCUT2D eigenvalue weighted by atomic mass is 14.9. The maximum Gasteiger partial charge on any atom is 0.00409 e. The molecule has 1 atom stereocenters. The molecule has 0 amide bonds. The predicted octanol–water partition coefficient (Wildman–Crippen LogP) is 3.37. The molecule has 0 aromatic heterocycles. The molecule has 0 rings (SSSR count). The maximum absolute atomic E-state index is 4.07. The summed E-state index contributed by atoms with van der Waals surface area (Å²) in [6.07, 6.45) is 3.47. The molecule has 0 fully saturated rings. The molecule has 0 bridgehead atoms. The molecule has 1 unspecified atom stereocenters. The molecule has 0 aromatic carbocycles. The van der Waals surface area contributed by atoms with E-state index in [0.29, 0.717) is 11.5 Å². The van der Waals surface area contributed by atoms with Crippen molar-refractivity contribution < 1.29 is 0 Å². The van der Waals surface area contributed by atoms with Gasteiger partial charge in [0.1, 0.15) is 0 Å². The Kier molecular flexibility index (Phi) is 5.31. The lowest BCUT2D eigenvalue weighted by Gasteiger charge is -2.28. The smallest absolute Gasteiger partial charge is 0.00409 e. The average molecular weight is 183 g/mol. The first-order valence-electron chi connectivity index (χ1n) is 5.25. The fraction of sp³-hybridized carbons (Fsp3) is 0.833. The number of nitrogens with one attached hydrogen (secondary N) is 1. The Labute approximate surface area is 83.6 Å². The van der Waals surface area contributed by atoms with Gasteiger partial charge in [0.15, 0.2) is 0 Å². The summed E-state index contributed by atoms with van der Waals surface area (Å²) in [5.41, 5.74) is 1.75. The molecular weight excluding hydrogens is 158 g/mol. The molecule has 0 aliphatic rings. The monoisotopic (exact) mass is 183 g/mol. The van der Waals surface area contributed by atoms with E-state index in [-0.39, 0.29) is 0 Å². The van der Waals surface area contributed by atoms with Gasteiger partial charge in [-0.25, -0.2) is 0 Å². The third-order valence-corrected chi connectivity index (χ3v) is 2.58. The van der Waals surface area contributed by atoms with E-state index in [0.717, 1.165) is 12.8 Å². The molecule has 0 saturated heterocycles. The number of hydrogen-bond acceptors (Lipinski definition) is 1. The molecular formula is C12H25N. The van der Waals surface area contributed by atoms with Crippen LogP contribution in [0.15, 0.2) is 12.2 Å². The Morgan fingerprint density at radius 2 is 2.00 bits per heavy atom. The van der Waals surface area contributed by atoms with Crippen molar-refractivity contribution in [1.29, 1.82) is 0 Å². The van der Waals surface area contributed by atoms with Gasteiger partial charge in [0, 0.05) is 6.04 Å². The normalized spacial score (nSPS) is 14.2. The van der Waals surface area contributed by atoms with E-state index in [1.165, 1.54) is 12.0 Å². The first-order chi connectivity index (χ1) is 5.91. The second-order valence-corrected chi connectivity index (χ2v) is 4.84. The van der Waals surface area contributed by atoms with Gasteiger partial charge in [0.05, 0.1) is 0 Å². The second kappa shape index (κ2) is 5.43. The van der Waals surface area contributed by atoms with Crippen molar-refractivity contribution in [2.24, 2.45) is 5.41 Å². The summed E-state index contributed by atoms with van der Waals surface area (Å²) in [5, 5.41) is 3.28. The van der Waals surface area contributed by atoms with Crippen LogP contribution in [-0.4, -0.2) is 13.1 Å². The average Bonchev–Trinajstić information content (AvgIpc) is 2.02. The van der Waals surface area contributed by atoms with E-state index in [1.54, 1.807) is 0 Å². The highest BCUT2D eigenvalue weighted by Crippen LogP contribution is 2.30. The van der Waals surface area contributed by atoms with Crippen molar-refractivity contribution in [1.82, 2.24) is 5.32 Å². The first-order valence-corrected chi connectivity index (χ1v) is 5.25. The van der Waals surface area contributed by atoms with Crippen LogP contribution < -0.4 is 5.32 Å². The fourth-order valence-corrected chi connectivity index (χ4v) is 1.80. The van der Waals surface area contributed by atoms with Crippen molar-refractivity contribution in [2.75, 3.05) is 7.05 Å². The first kappa shape index (κ1) is 12.7. The summed E-state index contributed by atoms with van der Waals surface area (Å²) >= 11 is 0. The molecule has 0 heterocycles. The molecule has 0 saturated carbocycles. The van der Waals surface area contributed by atoms with Gasteiger partial charge in [-0.2, -0.15) is 0 Å². The third-order valence-electron chi connectivity index (χ3n) is 2.58. The van der Waals surface area contributed by atoms with Gasteiger partial charge in [-0.3, -0.25) is 0 Å². The second-order valence-electron chi connectivity index (χ2n) is 4.84. The number of hydrogen-bond donors (Lipinski definition) is 1. The van der Waals surface area contributed by atoms with Crippen molar-refractivity contribution >= 4 is 0 Å². The molecule has 1 heteroatoms. The Bertz CT molecular complexity index is 159. The van der Waals surface area contributed by atoms with E-state index >= 15 is 0 Å². The van der Waals surface area contributed by atoms with Crippen LogP contribution in [0.4, 0.5) is 0 Å². The van der Waals surface area contributed by atoms with Gasteiger partial charge in [0.25, 0.3) is 0 Å². The predicted molar refractivity (Wildman–Crippen MR) is 61.0 cm³/mol. The molecule has 0 spiro atoms. The van der Waals surface area contributed by atoms with Crippen molar-refractivity contribution in [3.63, 3.8) is 0 Å². The Hall–Kier alpha value is -0.300. The van der Waals surface area contributed by atoms with Crippen LogP contribution in [0.3, 0.4) is 0 Å². The van der Waals surface area contributed by atoms with Gasteiger partial charge in [-0.1, -0.05) is 32.9 Å². The van der Waals surface area contributed by atoms with Crippen molar-refractivity contribution in [3.05, 3.63) is 12.2 Å². The van der Waals surface area contributed by atoms with Crippen LogP contribution in [0.1, 0.15) is 47.0 Å². The van der Waals surface area contributed by atoms with Crippen LogP contribution >= 0.6 is 0 Å². The van der Waals surface area contributed by atoms with E-state index < -0.39 is 0 Å². The minimum absolute atomic E-state index is 0.384. The van der Waals surface area contributed by atoms with E-state index in [4.69, 9.17) is 0 Å². The van der Waals surface area contributed by atoms with Crippen molar-refractivity contribution in [2.45, 2.75) is 53.0 Å². The third kappa shape index (κ3) is 5.87. The molecule has 0 radical (unpaired) electrons. The van der Waals surface area contributed by atoms with Crippen molar-refractivity contribution in [3.8, 4) is 0 Å². The zero-order valence-electron chi connectivity index (χ0n) is 9.91. The summed E-state index contributed by atoms with van der Waals surface area (Å²) in [7, 11) is 2.02. The lowest BCUT2D eigenvalue weighted by Crippen LogP contribution is -2.28. The Balaban J connectivity index is 3.99. The standard InChI is InChI=1S/C12H25N/c1-7-10(2)8-12(4,5)9-11(3)13-6/h11,13H,2,7-9H2,1,3-6H3. The maximum atomic E-state index is 4.07. The van der Waals surface area contributed by atoms with Crippen LogP contribution in [0.2, 0.25) is 0 Å². The SMILES string of the molecule is C=C(CC)CC(C)(C)CC(C)NC. The summed E-state index contributed by atoms with van der Waals surface area (Å²) in [4.78, 5) is 0. The highest BCUT2D eigenvalue weighted by molar-refractivity contribution is 4.97. The molecule has 0 aromatic rings. The lowest BCUT2D eigenvalue weighted by atomic mass is 9.80. The summed E-state index contributed by atoms with van der Waals surface area (Å²) in [6.45, 7) is 13.1. The lowest BCUT2D eigenvalue weighted by molar-refractivity contribution is 0.291. The Morgan fingerprint density at radius 3 is 2.38 bits per heavy atom. The van der Waals surface area contributed by atoms with Gasteiger partial charge in [0.2, 0.25) is 0 Å². The van der Waals surface area contributed by atoms with Gasteiger partial charge >= 0.3 is 0 Å². The minimum Gasteiger partial charge on any atom is -0.317 e. The van der Waals surface area contributed by atoms with E-state index in [9.17, 15) is 0 Å². The highest BCUT2D eigenvalue weighted by Gasteiger charge is 2.20. The van der Waals surface area contributed by atoms with Gasteiger partial charge in [-0.05, 0) is 38.6 Å². The van der Waals surface area contributed by atoms with Crippen LogP contribution in [0.25, 0.3) is 0 Å². The summed E-state index contributed by atoms with van der Waals surface area (Å²) in [6, 6.07) is 0.597. The minimum atomic E-state index is 0.384. The van der Waals surface area contributed by atoms with Gasteiger partial charge in [-0.15, -0.1) is 0 Å². The van der Waals surface area contributed by atoms with Crippen LogP contribution in [-0.2, 0) is 0 Å². The topological polar surface area (TPSA) is 12.0 Å². The zero-order valence-corrected chi connectivity index (χ0v) is 9.91. The molecule has 0 aliphatic heterocycles.